The van der Waals surface area contributed by atoms with Crippen molar-refractivity contribution in [2.75, 3.05) is 0 Å². The molecule has 0 aromatic carbocycles. The molecular weight excluding hydrogens is 516 g/mol. The van der Waals surface area contributed by atoms with Crippen molar-refractivity contribution >= 4 is 0 Å². The standard InChI is InChI=1S/22CH4.18H3N/h22*1H4;18*1H3/i/hD18. The van der Waals surface area contributed by atoms with Gasteiger partial charge in [0.2, 0.25) is 0 Å². The molecule has 0 radical (unpaired) electrons. The van der Waals surface area contributed by atoms with Gasteiger partial charge >= 0.3 is 0 Å². The third-order valence-corrected chi connectivity index (χ3v) is 0. The molecule has 0 atom stereocenters. The summed E-state index contributed by atoms with van der Waals surface area (Å²) in [6, 6.07) is 0. The molecule has 0 saturated heterocycles. The van der Waals surface area contributed by atoms with Gasteiger partial charge in [0.15, 0.2) is 0 Å². The van der Waals surface area contributed by atoms with E-state index in [1.807, 2.05) is 0 Å². The average Bonchev–Trinajstić information content (AvgIpc) is 3.13. The third kappa shape index (κ3) is 94700. The van der Waals surface area contributed by atoms with Crippen molar-refractivity contribution in [1.82, 2.24) is 111 Å². The number of hydrogen-bond donors (Lipinski definition) is 18. The molecule has 320 valence electrons. The zero-order valence-corrected chi connectivity index (χ0v) is 10.4. The number of rotatable bonds is 0. The summed E-state index contributed by atoms with van der Waals surface area (Å²) < 4.78 is 94.5. The molecule has 40 heavy (non-hydrogen) atoms. The topological polar surface area (TPSA) is 630 Å². The van der Waals surface area contributed by atoms with Gasteiger partial charge in [-0.1, -0.05) is 163 Å². The Morgan fingerprint density at radius 1 is 0.100 bits per heavy atom. The van der Waals surface area contributed by atoms with Gasteiger partial charge in [-0.05, 0) is 0 Å². The lowest BCUT2D eigenvalue weighted by atomic mass is 12.0. The summed E-state index contributed by atoms with van der Waals surface area (Å²) in [6.07, 6.45) is 67.5. The van der Waals surface area contributed by atoms with Crippen LogP contribution in [-0.4, -0.2) is 0 Å². The van der Waals surface area contributed by atoms with Crippen LogP contribution in [0.2, 0.25) is 25.4 Å². The normalized spacial score (nSPS) is 3.15. The van der Waals surface area contributed by atoms with Gasteiger partial charge in [0.1, 0.15) is 25.4 Å². The van der Waals surface area contributed by atoms with Crippen molar-refractivity contribution in [1.29, 1.82) is 0 Å². The molecule has 0 unspecified atom stereocenters. The summed E-state index contributed by atoms with van der Waals surface area (Å²) in [5.74, 6) is 0. The second kappa shape index (κ2) is 103000. The van der Waals surface area contributed by atoms with Crippen LogP contribution in [0.4, 0.5) is 0 Å². The van der Waals surface area contributed by atoms with Gasteiger partial charge in [-0.25, -0.2) is 0 Å². The van der Waals surface area contributed by atoms with E-state index in [0.717, 1.165) is 0 Å². The summed E-state index contributed by atoms with van der Waals surface area (Å²) in [4.78, 5) is 0. The summed E-state index contributed by atoms with van der Waals surface area (Å²) in [5, 5.41) is 0. The lowest BCUT2D eigenvalue weighted by Crippen LogP contribution is -0.482. The van der Waals surface area contributed by atoms with E-state index in [-0.39, 0.29) is 163 Å². The van der Waals surface area contributed by atoms with Gasteiger partial charge in [0.25, 0.3) is 0 Å². The highest BCUT2D eigenvalue weighted by Gasteiger charge is -0.0551. The molecule has 0 amide bonds. The summed E-state index contributed by atoms with van der Waals surface area (Å²) in [7, 11) is 0. The van der Waals surface area contributed by atoms with E-state index in [2.05, 4.69) is 111 Å². The molecule has 0 heterocycles. The van der Waals surface area contributed by atoms with Crippen LogP contribution in [-0.2, 0) is 0 Å². The SMILES string of the molecule is C.C.C.C.C.C.C.C.C.C.C.C.C.C.C.C.C.C.C.C.C.C.[2H]N.[2H]N.[2H]N.[2H]N.[2H]N.[2H]N.[2H]N.[2H]N.[2H]N.[2H]N.[2H]N.[2H]N.[2H]N.[2H]N.[2H]N.[2H]N.[2H]N.[2H]N. The van der Waals surface area contributed by atoms with Crippen LogP contribution in [0, 0.1) is 0 Å². The van der Waals surface area contributed by atoms with Gasteiger partial charge in [0.05, 0.1) is 0 Å². The smallest absolute Gasteiger partial charge is 0.115 e. The summed E-state index contributed by atoms with van der Waals surface area (Å²) >= 11 is 0. The van der Waals surface area contributed by atoms with Crippen LogP contribution < -0.4 is 111 Å². The Morgan fingerprint density at radius 3 is 0.100 bits per heavy atom. The molecule has 0 aliphatic carbocycles. The van der Waals surface area contributed by atoms with Gasteiger partial charge in [-0.15, -0.1) is 0 Å². The monoisotopic (exact) mass is 677 g/mol. The van der Waals surface area contributed by atoms with Gasteiger partial charge in [0, 0.05) is 0 Å². The van der Waals surface area contributed by atoms with Crippen LogP contribution in [0.25, 0.3) is 0 Å². The second-order valence-electron chi connectivity index (χ2n) is 0. The fourth-order valence-electron chi connectivity index (χ4n) is 0. The largest absolute Gasteiger partial charge is 0.344 e. The van der Waals surface area contributed by atoms with Crippen molar-refractivity contribution in [2.45, 2.75) is 163 Å². The van der Waals surface area contributed by atoms with Gasteiger partial charge in [-0.3, -0.25) is 0 Å². The molecule has 18 nitrogen and oxygen atoms in total. The highest BCUT2D eigenvalue weighted by Crippen LogP contribution is 0.166. The van der Waals surface area contributed by atoms with Gasteiger partial charge < -0.3 is 111 Å². The zero-order chi connectivity index (χ0) is 36.0. The van der Waals surface area contributed by atoms with E-state index in [1.54, 1.807) is 0 Å². The van der Waals surface area contributed by atoms with Crippen LogP contribution in [0.15, 0.2) is 0 Å². The average molecular weight is 678 g/mol. The summed E-state index contributed by atoms with van der Waals surface area (Å²) in [6.45, 7) is 0. The van der Waals surface area contributed by atoms with Crippen molar-refractivity contribution < 1.29 is 25.4 Å². The van der Waals surface area contributed by atoms with Crippen LogP contribution in [0.3, 0.4) is 0 Å². The molecule has 0 spiro atoms. The Kier molecular flexibility index (Phi) is 495000. The van der Waals surface area contributed by atoms with E-state index in [1.165, 1.54) is 0 Å². The quantitative estimate of drug-likeness (QED) is 0.113. The van der Waals surface area contributed by atoms with E-state index in [4.69, 9.17) is 25.4 Å². The molecule has 18 heteroatoms. The van der Waals surface area contributed by atoms with E-state index in [9.17, 15) is 0 Å². The van der Waals surface area contributed by atoms with Crippen LogP contribution >= 0.6 is 0 Å². The van der Waals surface area contributed by atoms with Crippen molar-refractivity contribution in [3.8, 4) is 0 Å². The van der Waals surface area contributed by atoms with Crippen molar-refractivity contribution in [3.63, 3.8) is 0 Å². The highest BCUT2D eigenvalue weighted by molar-refractivity contribution is 2.53. The Hall–Kier alpha value is -0.720. The number of hydrogen-bond acceptors (Lipinski definition) is 18. The molecule has 54 N–H and O–H groups in total. The predicted molar refractivity (Wildman–Crippen MR) is 238 cm³/mol. The highest BCUT2D eigenvalue weighted by atomic mass is 14.0. The lowest BCUT2D eigenvalue weighted by molar-refractivity contribution is 2.13. The molecule has 0 saturated carbocycles. The maximum absolute atomic E-state index is 5.25. The Bertz CT molecular complexity index is 91.5. The first kappa shape index (κ1) is 193. The third-order valence-electron chi connectivity index (χ3n) is 0. The van der Waals surface area contributed by atoms with Crippen molar-refractivity contribution in [2.24, 2.45) is 0 Å². The lowest BCUT2D eigenvalue weighted by Gasteiger charge is -0.345. The fraction of sp³-hybridized carbons (Fsp3) is 1.00. The Balaban J connectivity index is -0.00000000152. The van der Waals surface area contributed by atoms with E-state index < -0.39 is 0 Å². The molecule has 0 fully saturated rings. The van der Waals surface area contributed by atoms with Crippen LogP contribution in [0.1, 0.15) is 163 Å². The molecule has 0 aliphatic heterocycles. The molecule has 0 bridgehead atoms. The first-order valence-corrected chi connectivity index (χ1v) is 0. The second-order valence-corrected chi connectivity index (χ2v) is 0. The first-order chi connectivity index (χ1) is 18.0. The summed E-state index contributed by atoms with van der Waals surface area (Å²) in [5.41, 5.74) is 0. The minimum absolute atomic E-state index is 0. The molecule has 0 aliphatic rings. The van der Waals surface area contributed by atoms with Crippen LogP contribution in [0.5, 0.6) is 0 Å². The predicted octanol–water partition coefficient (Wildman–Crippen LogP) is 16.9. The van der Waals surface area contributed by atoms with E-state index in [0.29, 0.717) is 0 Å². The maximum atomic E-state index is 5.25. The molecule has 0 aromatic rings. The molecular formula is C22H142N18. The maximum Gasteiger partial charge on any atom is 0.115 e. The molecule has 0 rings (SSSR count). The zero-order valence-electron chi connectivity index (χ0n) is 28.4. The van der Waals surface area contributed by atoms with Gasteiger partial charge in [-0.2, -0.15) is 0 Å². The Morgan fingerprint density at radius 2 is 0.100 bits per heavy atom. The minimum Gasteiger partial charge on any atom is -0.344 e. The molecule has 0 aromatic heterocycles. The van der Waals surface area contributed by atoms with Crippen molar-refractivity contribution in [3.05, 3.63) is 0 Å². The minimum atomic E-state index is 0. The Labute approximate surface area is 300 Å². The fourth-order valence-corrected chi connectivity index (χ4v) is 0. The first-order valence-electron chi connectivity index (χ1n) is 10.4. The van der Waals surface area contributed by atoms with E-state index >= 15 is 0 Å².